The highest BCUT2D eigenvalue weighted by atomic mass is 32.1. The van der Waals surface area contributed by atoms with Crippen molar-refractivity contribution >= 4 is 27.4 Å². The normalized spacial score (nSPS) is 10.9. The van der Waals surface area contributed by atoms with Crippen LogP contribution in [0.2, 0.25) is 0 Å². The fourth-order valence-corrected chi connectivity index (χ4v) is 2.88. The van der Waals surface area contributed by atoms with Crippen molar-refractivity contribution in [3.05, 3.63) is 47.9 Å². The van der Waals surface area contributed by atoms with Gasteiger partial charge in [0.1, 0.15) is 11.5 Å². The van der Waals surface area contributed by atoms with Crippen molar-refractivity contribution in [1.29, 1.82) is 0 Å². The second kappa shape index (κ2) is 3.96. The van der Waals surface area contributed by atoms with Crippen LogP contribution in [0.3, 0.4) is 0 Å². The molecule has 0 saturated carbocycles. The zero-order chi connectivity index (χ0) is 12.7. The summed E-state index contributed by atoms with van der Waals surface area (Å²) in [5.74, 6) is -1.27. The standard InChI is InChI=1S/C13H8FNO2S/c14-8-2-1-3-11-7(8)6-12(18-11)9-4-5-10(15-9)13(16)17/h1-6,15H,(H,16,17). The van der Waals surface area contributed by atoms with Gasteiger partial charge in [0.25, 0.3) is 0 Å². The van der Waals surface area contributed by atoms with Crippen LogP contribution in [0.25, 0.3) is 20.7 Å². The number of thiophene rings is 1. The maximum atomic E-state index is 13.6. The molecule has 0 saturated heterocycles. The highest BCUT2D eigenvalue weighted by molar-refractivity contribution is 7.22. The quantitative estimate of drug-likeness (QED) is 0.738. The van der Waals surface area contributed by atoms with Crippen molar-refractivity contribution in [1.82, 2.24) is 4.98 Å². The summed E-state index contributed by atoms with van der Waals surface area (Å²) in [7, 11) is 0. The van der Waals surface area contributed by atoms with Crippen LogP contribution >= 0.6 is 11.3 Å². The van der Waals surface area contributed by atoms with Gasteiger partial charge in [-0.15, -0.1) is 11.3 Å². The second-order valence-corrected chi connectivity index (χ2v) is 4.94. The molecule has 0 aliphatic carbocycles. The van der Waals surface area contributed by atoms with Crippen molar-refractivity contribution in [2.24, 2.45) is 0 Å². The molecule has 0 amide bonds. The molecule has 3 rings (SSSR count). The monoisotopic (exact) mass is 261 g/mol. The summed E-state index contributed by atoms with van der Waals surface area (Å²) in [6.45, 7) is 0. The molecular formula is C13H8FNO2S. The second-order valence-electron chi connectivity index (χ2n) is 3.85. The molecule has 0 unspecified atom stereocenters. The lowest BCUT2D eigenvalue weighted by molar-refractivity contribution is 0.0691. The number of carboxylic acids is 1. The number of hydrogen-bond donors (Lipinski definition) is 2. The Kier molecular flexibility index (Phi) is 2.41. The van der Waals surface area contributed by atoms with Crippen molar-refractivity contribution in [2.45, 2.75) is 0 Å². The van der Waals surface area contributed by atoms with Gasteiger partial charge in [0.15, 0.2) is 0 Å². The molecule has 0 bridgehead atoms. The van der Waals surface area contributed by atoms with Crippen LogP contribution in [-0.2, 0) is 0 Å². The van der Waals surface area contributed by atoms with Gasteiger partial charge >= 0.3 is 5.97 Å². The van der Waals surface area contributed by atoms with E-state index >= 15 is 0 Å². The molecule has 18 heavy (non-hydrogen) atoms. The molecule has 90 valence electrons. The fraction of sp³-hybridized carbons (Fsp3) is 0. The fourth-order valence-electron chi connectivity index (χ4n) is 1.82. The van der Waals surface area contributed by atoms with Crippen LogP contribution in [0.5, 0.6) is 0 Å². The summed E-state index contributed by atoms with van der Waals surface area (Å²) in [4.78, 5) is 14.4. The molecule has 5 heteroatoms. The number of carboxylic acid groups (broad SMARTS) is 1. The minimum Gasteiger partial charge on any atom is -0.477 e. The Hall–Kier alpha value is -2.14. The Balaban J connectivity index is 2.13. The third-order valence-corrected chi connectivity index (χ3v) is 3.82. The van der Waals surface area contributed by atoms with E-state index < -0.39 is 5.97 Å². The molecule has 2 N–H and O–H groups in total. The van der Waals surface area contributed by atoms with Gasteiger partial charge in [0.05, 0.1) is 10.6 Å². The van der Waals surface area contributed by atoms with Gasteiger partial charge in [0, 0.05) is 10.1 Å². The van der Waals surface area contributed by atoms with E-state index in [0.29, 0.717) is 11.1 Å². The Morgan fingerprint density at radius 3 is 2.78 bits per heavy atom. The molecule has 2 heterocycles. The van der Waals surface area contributed by atoms with E-state index in [1.165, 1.54) is 23.5 Å². The number of aromatic amines is 1. The summed E-state index contributed by atoms with van der Waals surface area (Å²) >= 11 is 1.43. The number of halogens is 1. The number of rotatable bonds is 2. The molecule has 0 aliphatic rings. The lowest BCUT2D eigenvalue weighted by atomic mass is 10.2. The average molecular weight is 261 g/mol. The zero-order valence-electron chi connectivity index (χ0n) is 9.11. The van der Waals surface area contributed by atoms with Gasteiger partial charge in [0.2, 0.25) is 0 Å². The first-order valence-electron chi connectivity index (χ1n) is 5.26. The van der Waals surface area contributed by atoms with E-state index in [1.807, 2.05) is 6.07 Å². The van der Waals surface area contributed by atoms with Crippen molar-refractivity contribution < 1.29 is 14.3 Å². The highest BCUT2D eigenvalue weighted by Gasteiger charge is 2.11. The zero-order valence-corrected chi connectivity index (χ0v) is 9.92. The summed E-state index contributed by atoms with van der Waals surface area (Å²) in [5.41, 5.74) is 0.816. The van der Waals surface area contributed by atoms with E-state index in [9.17, 15) is 9.18 Å². The topological polar surface area (TPSA) is 53.1 Å². The van der Waals surface area contributed by atoms with E-state index in [-0.39, 0.29) is 11.5 Å². The number of hydrogen-bond acceptors (Lipinski definition) is 2. The molecule has 0 radical (unpaired) electrons. The molecule has 0 aliphatic heterocycles. The van der Waals surface area contributed by atoms with Gasteiger partial charge in [-0.25, -0.2) is 9.18 Å². The largest absolute Gasteiger partial charge is 0.477 e. The molecule has 2 aromatic heterocycles. The SMILES string of the molecule is O=C(O)c1ccc(-c2cc3c(F)cccc3s2)[nH]1. The van der Waals surface area contributed by atoms with Crippen molar-refractivity contribution in [3.8, 4) is 10.6 Å². The van der Waals surface area contributed by atoms with Crippen LogP contribution in [0.1, 0.15) is 10.5 Å². The van der Waals surface area contributed by atoms with Crippen LogP contribution < -0.4 is 0 Å². The number of aromatic nitrogens is 1. The first-order valence-corrected chi connectivity index (χ1v) is 6.07. The van der Waals surface area contributed by atoms with E-state index in [4.69, 9.17) is 5.11 Å². The predicted octanol–water partition coefficient (Wildman–Crippen LogP) is 3.73. The number of carbonyl (C=O) groups is 1. The van der Waals surface area contributed by atoms with E-state index in [2.05, 4.69) is 4.98 Å². The van der Waals surface area contributed by atoms with Crippen LogP contribution in [-0.4, -0.2) is 16.1 Å². The minimum atomic E-state index is -1.01. The maximum absolute atomic E-state index is 13.6. The van der Waals surface area contributed by atoms with Gasteiger partial charge < -0.3 is 10.1 Å². The van der Waals surface area contributed by atoms with Gasteiger partial charge in [-0.05, 0) is 30.3 Å². The molecular weight excluding hydrogens is 253 g/mol. The lowest BCUT2D eigenvalue weighted by Crippen LogP contribution is -1.95. The number of aromatic carboxylic acids is 1. The van der Waals surface area contributed by atoms with Crippen LogP contribution in [0.4, 0.5) is 4.39 Å². The molecule has 3 aromatic rings. The summed E-state index contributed by atoms with van der Waals surface area (Å²) < 4.78 is 14.4. The van der Waals surface area contributed by atoms with E-state index in [1.54, 1.807) is 18.2 Å². The summed E-state index contributed by atoms with van der Waals surface area (Å²) in [6, 6.07) is 9.83. The minimum absolute atomic E-state index is 0.128. The Bertz CT molecular complexity index is 744. The Labute approximate surface area is 106 Å². The summed E-state index contributed by atoms with van der Waals surface area (Å²) in [6.07, 6.45) is 0. The summed E-state index contributed by atoms with van der Waals surface area (Å²) in [5, 5.41) is 9.40. The first-order chi connectivity index (χ1) is 8.65. The van der Waals surface area contributed by atoms with Crippen LogP contribution in [0.15, 0.2) is 36.4 Å². The van der Waals surface area contributed by atoms with E-state index in [0.717, 1.165) is 9.58 Å². The number of H-pyrrole nitrogens is 1. The van der Waals surface area contributed by atoms with Crippen LogP contribution in [0, 0.1) is 5.82 Å². The first kappa shape index (κ1) is 11.0. The molecule has 0 fully saturated rings. The molecule has 3 nitrogen and oxygen atoms in total. The molecule has 1 aromatic carbocycles. The smallest absolute Gasteiger partial charge is 0.352 e. The predicted molar refractivity (Wildman–Crippen MR) is 68.5 cm³/mol. The Morgan fingerprint density at radius 1 is 1.28 bits per heavy atom. The third-order valence-electron chi connectivity index (χ3n) is 2.69. The lowest BCUT2D eigenvalue weighted by Gasteiger charge is -1.90. The maximum Gasteiger partial charge on any atom is 0.352 e. The van der Waals surface area contributed by atoms with Gasteiger partial charge in [-0.1, -0.05) is 6.07 Å². The molecule has 0 spiro atoms. The highest BCUT2D eigenvalue weighted by Crippen LogP contribution is 2.34. The molecule has 0 atom stereocenters. The average Bonchev–Trinajstić information content (AvgIpc) is 2.95. The van der Waals surface area contributed by atoms with Gasteiger partial charge in [-0.3, -0.25) is 0 Å². The van der Waals surface area contributed by atoms with Crippen molar-refractivity contribution in [3.63, 3.8) is 0 Å². The Morgan fingerprint density at radius 2 is 2.11 bits per heavy atom. The number of nitrogens with one attached hydrogen (secondary N) is 1. The number of fused-ring (bicyclic) bond motifs is 1. The number of benzene rings is 1. The van der Waals surface area contributed by atoms with Crippen molar-refractivity contribution in [2.75, 3.05) is 0 Å². The van der Waals surface area contributed by atoms with Gasteiger partial charge in [-0.2, -0.15) is 0 Å². The third kappa shape index (κ3) is 1.69.